The maximum Gasteiger partial charge on any atom is 0.240 e. The number of sulfonamides is 1. The van der Waals surface area contributed by atoms with Gasteiger partial charge in [0.05, 0.1) is 12.0 Å². The highest BCUT2D eigenvalue weighted by Crippen LogP contribution is 2.20. The summed E-state index contributed by atoms with van der Waals surface area (Å²) in [6.45, 7) is 4.68. The number of halogens is 1. The summed E-state index contributed by atoms with van der Waals surface area (Å²) in [5.74, 6) is -0.689. The Morgan fingerprint density at radius 1 is 1.32 bits per heavy atom. The van der Waals surface area contributed by atoms with Gasteiger partial charge in [-0.15, -0.1) is 0 Å². The molecule has 1 aromatic rings. The van der Waals surface area contributed by atoms with E-state index in [1.807, 2.05) is 13.8 Å². The zero-order valence-electron chi connectivity index (χ0n) is 11.2. The Kier molecular flexibility index (Phi) is 5.71. The van der Waals surface area contributed by atoms with E-state index < -0.39 is 15.8 Å². The second-order valence-corrected chi connectivity index (χ2v) is 6.07. The lowest BCUT2D eigenvalue weighted by Gasteiger charge is -2.10. The summed E-state index contributed by atoms with van der Waals surface area (Å²) in [7, 11) is -2.37. The first-order chi connectivity index (χ1) is 8.86. The smallest absolute Gasteiger partial charge is 0.240 e. The van der Waals surface area contributed by atoms with Crippen LogP contribution in [0.4, 0.5) is 4.39 Å². The third kappa shape index (κ3) is 4.77. The first-order valence-corrected chi connectivity index (χ1v) is 7.41. The van der Waals surface area contributed by atoms with E-state index in [4.69, 9.17) is 4.74 Å². The summed E-state index contributed by atoms with van der Waals surface area (Å²) in [5.41, 5.74) is 0. The Hall–Kier alpha value is -1.18. The normalized spacial score (nSPS) is 11.8. The van der Waals surface area contributed by atoms with E-state index in [1.54, 1.807) is 0 Å². The molecule has 1 rings (SSSR count). The summed E-state index contributed by atoms with van der Waals surface area (Å²) in [4.78, 5) is -0.115. The van der Waals surface area contributed by atoms with Crippen LogP contribution in [0.5, 0.6) is 5.75 Å². The average molecular weight is 290 g/mol. The molecule has 0 atom stereocenters. The van der Waals surface area contributed by atoms with Gasteiger partial charge in [0.25, 0.3) is 0 Å². The average Bonchev–Trinajstić information content (AvgIpc) is 2.34. The molecule has 7 heteroatoms. The van der Waals surface area contributed by atoms with Gasteiger partial charge < -0.3 is 10.1 Å². The van der Waals surface area contributed by atoms with Crippen LogP contribution in [-0.4, -0.2) is 34.7 Å². The fraction of sp³-hybridized carbons (Fsp3) is 0.500. The Labute approximate surface area is 113 Å². The topological polar surface area (TPSA) is 67.4 Å². The molecule has 0 bridgehead atoms. The van der Waals surface area contributed by atoms with E-state index in [-0.39, 0.29) is 23.2 Å². The number of nitrogens with one attached hydrogen (secondary N) is 2. The van der Waals surface area contributed by atoms with E-state index in [2.05, 4.69) is 10.0 Å². The van der Waals surface area contributed by atoms with Gasteiger partial charge >= 0.3 is 0 Å². The summed E-state index contributed by atoms with van der Waals surface area (Å²) in [5, 5.41) is 3.08. The molecular weight excluding hydrogens is 271 g/mol. The van der Waals surface area contributed by atoms with Crippen molar-refractivity contribution in [1.29, 1.82) is 0 Å². The first-order valence-electron chi connectivity index (χ1n) is 5.93. The highest BCUT2D eigenvalue weighted by atomic mass is 32.2. The highest BCUT2D eigenvalue weighted by Gasteiger charge is 2.15. The largest absolute Gasteiger partial charge is 0.494 e. The molecule has 108 valence electrons. The van der Waals surface area contributed by atoms with Crippen LogP contribution in [0.3, 0.4) is 0 Å². The summed E-state index contributed by atoms with van der Waals surface area (Å²) < 4.78 is 44.3. The van der Waals surface area contributed by atoms with Crippen molar-refractivity contribution in [2.24, 2.45) is 0 Å². The van der Waals surface area contributed by atoms with Crippen LogP contribution >= 0.6 is 0 Å². The van der Waals surface area contributed by atoms with Gasteiger partial charge in [-0.25, -0.2) is 17.5 Å². The predicted molar refractivity (Wildman–Crippen MR) is 71.3 cm³/mol. The minimum atomic E-state index is -3.69. The van der Waals surface area contributed by atoms with Gasteiger partial charge in [0.1, 0.15) is 0 Å². The summed E-state index contributed by atoms with van der Waals surface area (Å²) in [6, 6.07) is 3.82. The lowest BCUT2D eigenvalue weighted by atomic mass is 10.3. The molecule has 1 aromatic carbocycles. The highest BCUT2D eigenvalue weighted by molar-refractivity contribution is 7.89. The molecule has 0 spiro atoms. The van der Waals surface area contributed by atoms with Crippen LogP contribution in [0.15, 0.2) is 23.1 Å². The van der Waals surface area contributed by atoms with Crippen LogP contribution < -0.4 is 14.8 Å². The van der Waals surface area contributed by atoms with Crippen molar-refractivity contribution >= 4 is 10.0 Å². The summed E-state index contributed by atoms with van der Waals surface area (Å²) >= 11 is 0. The van der Waals surface area contributed by atoms with Crippen LogP contribution in [0.25, 0.3) is 0 Å². The Morgan fingerprint density at radius 2 is 2.00 bits per heavy atom. The zero-order valence-corrected chi connectivity index (χ0v) is 12.1. The SMILES string of the molecule is COc1ccc(S(=O)(=O)NCCNC(C)C)cc1F. The molecule has 0 fully saturated rings. The van der Waals surface area contributed by atoms with Gasteiger partial charge in [-0.3, -0.25) is 0 Å². The third-order valence-corrected chi connectivity index (χ3v) is 3.86. The summed E-state index contributed by atoms with van der Waals surface area (Å²) in [6.07, 6.45) is 0. The second-order valence-electron chi connectivity index (χ2n) is 4.30. The van der Waals surface area contributed by atoms with E-state index in [0.717, 1.165) is 6.07 Å². The fourth-order valence-corrected chi connectivity index (χ4v) is 2.49. The second kappa shape index (κ2) is 6.83. The van der Waals surface area contributed by atoms with E-state index in [1.165, 1.54) is 19.2 Å². The molecule has 0 saturated carbocycles. The van der Waals surface area contributed by atoms with Gasteiger partial charge in [0, 0.05) is 19.1 Å². The number of ether oxygens (including phenoxy) is 1. The van der Waals surface area contributed by atoms with Crippen LogP contribution in [0, 0.1) is 5.82 Å². The van der Waals surface area contributed by atoms with Crippen molar-refractivity contribution in [3.8, 4) is 5.75 Å². The van der Waals surface area contributed by atoms with Crippen molar-refractivity contribution in [2.45, 2.75) is 24.8 Å². The predicted octanol–water partition coefficient (Wildman–Crippen LogP) is 1.11. The van der Waals surface area contributed by atoms with Crippen LogP contribution in [-0.2, 0) is 10.0 Å². The molecule has 0 heterocycles. The van der Waals surface area contributed by atoms with E-state index in [9.17, 15) is 12.8 Å². The van der Waals surface area contributed by atoms with Crippen molar-refractivity contribution in [2.75, 3.05) is 20.2 Å². The number of hydrogen-bond donors (Lipinski definition) is 2. The van der Waals surface area contributed by atoms with Gasteiger partial charge in [0.15, 0.2) is 11.6 Å². The first kappa shape index (κ1) is 15.9. The molecule has 0 radical (unpaired) electrons. The molecule has 0 aliphatic heterocycles. The van der Waals surface area contributed by atoms with Crippen molar-refractivity contribution in [3.05, 3.63) is 24.0 Å². The van der Waals surface area contributed by atoms with Gasteiger partial charge in [-0.05, 0) is 18.2 Å². The number of rotatable bonds is 7. The quantitative estimate of drug-likeness (QED) is 0.738. The lowest BCUT2D eigenvalue weighted by molar-refractivity contribution is 0.385. The standard InChI is InChI=1S/C12H19FN2O3S/c1-9(2)14-6-7-15-19(16,17)10-4-5-12(18-3)11(13)8-10/h4-5,8-9,14-15H,6-7H2,1-3H3. The van der Waals surface area contributed by atoms with Crippen LogP contribution in [0.2, 0.25) is 0 Å². The van der Waals surface area contributed by atoms with Crippen molar-refractivity contribution < 1.29 is 17.5 Å². The van der Waals surface area contributed by atoms with Gasteiger partial charge in [-0.2, -0.15) is 0 Å². The van der Waals surface area contributed by atoms with Gasteiger partial charge in [-0.1, -0.05) is 13.8 Å². The number of hydrogen-bond acceptors (Lipinski definition) is 4. The molecule has 0 unspecified atom stereocenters. The maximum atomic E-state index is 13.4. The van der Waals surface area contributed by atoms with Crippen molar-refractivity contribution in [1.82, 2.24) is 10.0 Å². The molecular formula is C12H19FN2O3S. The Balaban J connectivity index is 2.69. The van der Waals surface area contributed by atoms with Gasteiger partial charge in [0.2, 0.25) is 10.0 Å². The minimum absolute atomic E-state index is 0.0143. The van der Waals surface area contributed by atoms with E-state index >= 15 is 0 Å². The third-order valence-electron chi connectivity index (χ3n) is 2.40. The Bertz CT molecular complexity index is 518. The maximum absolute atomic E-state index is 13.4. The molecule has 0 aliphatic carbocycles. The number of methoxy groups -OCH3 is 1. The molecule has 0 saturated heterocycles. The molecule has 2 N–H and O–H groups in total. The molecule has 5 nitrogen and oxygen atoms in total. The fourth-order valence-electron chi connectivity index (χ4n) is 1.44. The minimum Gasteiger partial charge on any atom is -0.494 e. The van der Waals surface area contributed by atoms with E-state index in [0.29, 0.717) is 6.54 Å². The Morgan fingerprint density at radius 3 is 2.53 bits per heavy atom. The lowest BCUT2D eigenvalue weighted by Crippen LogP contribution is -2.34. The molecule has 0 amide bonds. The molecule has 0 aromatic heterocycles. The van der Waals surface area contributed by atoms with Crippen LogP contribution in [0.1, 0.15) is 13.8 Å². The molecule has 0 aliphatic rings. The van der Waals surface area contributed by atoms with Crippen molar-refractivity contribution in [3.63, 3.8) is 0 Å². The monoisotopic (exact) mass is 290 g/mol. The zero-order chi connectivity index (χ0) is 14.5. The number of benzene rings is 1. The molecule has 19 heavy (non-hydrogen) atoms.